The molecule has 0 aromatic carbocycles. The molecule has 16 heavy (non-hydrogen) atoms. The molecule has 5 heteroatoms. The monoisotopic (exact) mass is 218 g/mol. The van der Waals surface area contributed by atoms with Crippen molar-refractivity contribution >= 4 is 11.9 Å². The Balaban J connectivity index is 1.81. The third kappa shape index (κ3) is 1.62. The highest BCUT2D eigenvalue weighted by molar-refractivity contribution is 5.81. The minimum atomic E-state index is 0.278. The summed E-state index contributed by atoms with van der Waals surface area (Å²) in [7, 11) is 0. The molecule has 2 aliphatic rings. The van der Waals surface area contributed by atoms with Crippen molar-refractivity contribution in [2.75, 3.05) is 12.3 Å². The van der Waals surface area contributed by atoms with E-state index in [1.165, 1.54) is 0 Å². The third-order valence-electron chi connectivity index (χ3n) is 3.20. The van der Waals surface area contributed by atoms with Gasteiger partial charge in [0.05, 0.1) is 12.2 Å². The Morgan fingerprint density at radius 2 is 2.31 bits per heavy atom. The summed E-state index contributed by atoms with van der Waals surface area (Å²) in [5, 5.41) is 0. The van der Waals surface area contributed by atoms with Crippen LogP contribution in [0.25, 0.3) is 0 Å². The molecule has 0 bridgehead atoms. The normalized spacial score (nSPS) is 19.4. The molecule has 0 radical (unpaired) electrons. The van der Waals surface area contributed by atoms with Crippen LogP contribution < -0.4 is 5.73 Å². The van der Waals surface area contributed by atoms with Gasteiger partial charge in [0.25, 0.3) is 0 Å². The lowest BCUT2D eigenvalue weighted by molar-refractivity contribution is -0.133. The zero-order chi connectivity index (χ0) is 11.1. The van der Waals surface area contributed by atoms with Gasteiger partial charge in [-0.1, -0.05) is 0 Å². The van der Waals surface area contributed by atoms with E-state index in [-0.39, 0.29) is 11.8 Å². The van der Waals surface area contributed by atoms with E-state index >= 15 is 0 Å². The highest BCUT2D eigenvalue weighted by Gasteiger charge is 2.34. The molecule has 2 heterocycles. The van der Waals surface area contributed by atoms with Crippen LogP contribution in [0.3, 0.4) is 0 Å². The molecule has 1 aromatic heterocycles. The van der Waals surface area contributed by atoms with E-state index in [0.29, 0.717) is 12.5 Å². The van der Waals surface area contributed by atoms with Crippen molar-refractivity contribution in [2.45, 2.75) is 25.8 Å². The van der Waals surface area contributed by atoms with Gasteiger partial charge in [-0.25, -0.2) is 9.97 Å². The Bertz CT molecular complexity index is 442. The van der Waals surface area contributed by atoms with Gasteiger partial charge in [0, 0.05) is 18.7 Å². The molecule has 84 valence electrons. The van der Waals surface area contributed by atoms with Crippen molar-refractivity contribution in [1.29, 1.82) is 0 Å². The fourth-order valence-corrected chi connectivity index (χ4v) is 2.10. The number of fused-ring (bicyclic) bond motifs is 1. The van der Waals surface area contributed by atoms with Crippen LogP contribution in [0.2, 0.25) is 0 Å². The Kier molecular flexibility index (Phi) is 2.05. The maximum atomic E-state index is 11.9. The van der Waals surface area contributed by atoms with Gasteiger partial charge >= 0.3 is 0 Å². The van der Waals surface area contributed by atoms with Crippen molar-refractivity contribution in [3.63, 3.8) is 0 Å². The molecule has 1 aliphatic heterocycles. The number of nitrogens with two attached hydrogens (primary N) is 1. The zero-order valence-corrected chi connectivity index (χ0v) is 9.02. The van der Waals surface area contributed by atoms with Gasteiger partial charge in [-0.3, -0.25) is 4.79 Å². The summed E-state index contributed by atoms with van der Waals surface area (Å²) >= 11 is 0. The first kappa shape index (κ1) is 9.57. The van der Waals surface area contributed by atoms with Gasteiger partial charge in [0.2, 0.25) is 11.9 Å². The molecule has 1 aliphatic carbocycles. The van der Waals surface area contributed by atoms with Crippen molar-refractivity contribution in [1.82, 2.24) is 14.9 Å². The number of hydrogen-bond acceptors (Lipinski definition) is 4. The largest absolute Gasteiger partial charge is 0.368 e. The van der Waals surface area contributed by atoms with E-state index < -0.39 is 0 Å². The fraction of sp³-hybridized carbons (Fsp3) is 0.545. The molecule has 0 spiro atoms. The van der Waals surface area contributed by atoms with E-state index in [4.69, 9.17) is 5.73 Å². The van der Waals surface area contributed by atoms with Crippen LogP contribution in [-0.2, 0) is 17.8 Å². The molecular formula is C11H14N4O. The van der Waals surface area contributed by atoms with Crippen LogP contribution in [0.15, 0.2) is 6.20 Å². The SMILES string of the molecule is Nc1ncc2c(n1)CN(C(=O)C1CC1)CC2. The Morgan fingerprint density at radius 1 is 1.50 bits per heavy atom. The molecule has 1 amide bonds. The second kappa shape index (κ2) is 3.43. The second-order valence-corrected chi connectivity index (χ2v) is 4.48. The van der Waals surface area contributed by atoms with Crippen LogP contribution in [-0.4, -0.2) is 27.3 Å². The summed E-state index contributed by atoms with van der Waals surface area (Å²) in [6.07, 6.45) is 4.72. The maximum Gasteiger partial charge on any atom is 0.226 e. The van der Waals surface area contributed by atoms with Crippen LogP contribution in [0, 0.1) is 5.92 Å². The minimum Gasteiger partial charge on any atom is -0.368 e. The van der Waals surface area contributed by atoms with Crippen molar-refractivity contribution < 1.29 is 4.79 Å². The topological polar surface area (TPSA) is 72.1 Å². The van der Waals surface area contributed by atoms with Crippen LogP contribution in [0.4, 0.5) is 5.95 Å². The first-order valence-corrected chi connectivity index (χ1v) is 5.63. The van der Waals surface area contributed by atoms with Gasteiger partial charge in [0.1, 0.15) is 0 Å². The third-order valence-corrected chi connectivity index (χ3v) is 3.20. The Labute approximate surface area is 93.7 Å². The number of rotatable bonds is 1. The number of carbonyl (C=O) groups excluding carboxylic acids is 1. The number of aromatic nitrogens is 2. The minimum absolute atomic E-state index is 0.278. The van der Waals surface area contributed by atoms with Crippen LogP contribution >= 0.6 is 0 Å². The van der Waals surface area contributed by atoms with Gasteiger partial charge in [-0.05, 0) is 24.8 Å². The highest BCUT2D eigenvalue weighted by Crippen LogP contribution is 2.32. The molecule has 2 N–H and O–H groups in total. The molecule has 0 unspecified atom stereocenters. The first-order chi connectivity index (χ1) is 7.74. The quantitative estimate of drug-likeness (QED) is 0.738. The summed E-state index contributed by atoms with van der Waals surface area (Å²) in [6.45, 7) is 1.38. The summed E-state index contributed by atoms with van der Waals surface area (Å²) in [5.74, 6) is 0.850. The number of nitrogens with zero attached hydrogens (tertiary/aromatic N) is 3. The smallest absolute Gasteiger partial charge is 0.226 e. The molecule has 1 saturated carbocycles. The van der Waals surface area contributed by atoms with Gasteiger partial charge in [-0.2, -0.15) is 0 Å². The van der Waals surface area contributed by atoms with E-state index in [1.807, 2.05) is 4.90 Å². The van der Waals surface area contributed by atoms with Gasteiger partial charge in [0.15, 0.2) is 0 Å². The standard InChI is InChI=1S/C11H14N4O/c12-11-13-5-8-3-4-15(6-9(8)14-11)10(16)7-1-2-7/h5,7H,1-4,6H2,(H2,12,13,14). The van der Waals surface area contributed by atoms with Crippen LogP contribution in [0.1, 0.15) is 24.1 Å². The van der Waals surface area contributed by atoms with Gasteiger partial charge < -0.3 is 10.6 Å². The molecule has 1 aromatic rings. The lowest BCUT2D eigenvalue weighted by Gasteiger charge is -2.28. The number of anilines is 1. The lowest BCUT2D eigenvalue weighted by Crippen LogP contribution is -2.37. The predicted octanol–water partition coefficient (Wildman–Crippen LogP) is 0.353. The first-order valence-electron chi connectivity index (χ1n) is 5.63. The lowest BCUT2D eigenvalue weighted by atomic mass is 10.1. The number of carbonyl (C=O) groups is 1. The van der Waals surface area contributed by atoms with Gasteiger partial charge in [-0.15, -0.1) is 0 Å². The van der Waals surface area contributed by atoms with Crippen molar-refractivity contribution in [3.8, 4) is 0 Å². The second-order valence-electron chi connectivity index (χ2n) is 4.48. The molecular weight excluding hydrogens is 204 g/mol. The van der Waals surface area contributed by atoms with E-state index in [9.17, 15) is 4.79 Å². The Morgan fingerprint density at radius 3 is 3.06 bits per heavy atom. The van der Waals surface area contributed by atoms with Crippen molar-refractivity contribution in [3.05, 3.63) is 17.5 Å². The zero-order valence-electron chi connectivity index (χ0n) is 9.02. The molecule has 3 rings (SSSR count). The molecule has 0 saturated heterocycles. The maximum absolute atomic E-state index is 11.9. The molecule has 0 atom stereocenters. The fourth-order valence-electron chi connectivity index (χ4n) is 2.10. The molecule has 1 fully saturated rings. The van der Waals surface area contributed by atoms with E-state index in [2.05, 4.69) is 9.97 Å². The number of amides is 1. The average molecular weight is 218 g/mol. The summed E-state index contributed by atoms with van der Waals surface area (Å²) < 4.78 is 0. The van der Waals surface area contributed by atoms with Crippen LogP contribution in [0.5, 0.6) is 0 Å². The average Bonchev–Trinajstić information content (AvgIpc) is 3.11. The number of hydrogen-bond donors (Lipinski definition) is 1. The number of nitrogen functional groups attached to an aromatic ring is 1. The summed E-state index contributed by atoms with van der Waals surface area (Å²) in [6, 6.07) is 0. The van der Waals surface area contributed by atoms with Crippen molar-refractivity contribution in [2.24, 2.45) is 5.92 Å². The summed E-state index contributed by atoms with van der Waals surface area (Å²) in [5.41, 5.74) is 7.58. The summed E-state index contributed by atoms with van der Waals surface area (Å²) in [4.78, 5) is 22.0. The van der Waals surface area contributed by atoms with E-state index in [1.54, 1.807) is 6.20 Å². The molecule has 5 nitrogen and oxygen atoms in total. The predicted molar refractivity (Wildman–Crippen MR) is 58.3 cm³/mol. The van der Waals surface area contributed by atoms with E-state index in [0.717, 1.165) is 37.1 Å². The highest BCUT2D eigenvalue weighted by atomic mass is 16.2. The Hall–Kier alpha value is -1.65.